The standard InChI is InChI=1S/C18H15NO4/c1-18(11-12-7-3-2-4-8-12)16(20)23-15-13-9-5-6-10-14(13)22-17(21)19(15)18/h2-10,15H,11H2,1H3. The lowest BCUT2D eigenvalue weighted by atomic mass is 9.91. The van der Waals surface area contributed by atoms with Gasteiger partial charge in [0.25, 0.3) is 0 Å². The van der Waals surface area contributed by atoms with Crippen LogP contribution in [0.15, 0.2) is 54.6 Å². The highest BCUT2D eigenvalue weighted by atomic mass is 16.6. The fourth-order valence-electron chi connectivity index (χ4n) is 3.21. The minimum absolute atomic E-state index is 0.375. The van der Waals surface area contributed by atoms with Crippen LogP contribution in [-0.4, -0.2) is 22.5 Å². The number of hydrogen-bond acceptors (Lipinski definition) is 4. The summed E-state index contributed by atoms with van der Waals surface area (Å²) in [7, 11) is 0. The van der Waals surface area contributed by atoms with Crippen molar-refractivity contribution in [2.24, 2.45) is 0 Å². The Kier molecular flexibility index (Phi) is 2.91. The summed E-state index contributed by atoms with van der Waals surface area (Å²) < 4.78 is 10.9. The smallest absolute Gasteiger partial charge is 0.419 e. The quantitative estimate of drug-likeness (QED) is 0.800. The summed E-state index contributed by atoms with van der Waals surface area (Å²) in [6.07, 6.45) is -0.910. The number of benzene rings is 2. The van der Waals surface area contributed by atoms with Gasteiger partial charge in [0.05, 0.1) is 5.56 Å². The molecule has 0 aliphatic carbocycles. The van der Waals surface area contributed by atoms with Gasteiger partial charge in [0.2, 0.25) is 6.23 Å². The van der Waals surface area contributed by atoms with Gasteiger partial charge in [-0.1, -0.05) is 42.5 Å². The molecule has 2 aromatic carbocycles. The summed E-state index contributed by atoms with van der Waals surface area (Å²) in [6.45, 7) is 1.72. The Balaban J connectivity index is 1.76. The monoisotopic (exact) mass is 309 g/mol. The molecule has 1 saturated heterocycles. The van der Waals surface area contributed by atoms with Gasteiger partial charge in [-0.3, -0.25) is 4.90 Å². The van der Waals surface area contributed by atoms with E-state index in [0.29, 0.717) is 17.7 Å². The first kappa shape index (κ1) is 13.8. The zero-order valence-electron chi connectivity index (χ0n) is 12.6. The van der Waals surface area contributed by atoms with Gasteiger partial charge in [-0.25, -0.2) is 9.59 Å². The molecule has 0 spiro atoms. The summed E-state index contributed by atoms with van der Waals surface area (Å²) in [5.74, 6) is 0.0236. The van der Waals surface area contributed by atoms with Gasteiger partial charge in [0.1, 0.15) is 11.3 Å². The summed E-state index contributed by atoms with van der Waals surface area (Å²) in [5, 5.41) is 0. The number of carbonyl (C=O) groups is 2. The Hall–Kier alpha value is -2.82. The maximum absolute atomic E-state index is 12.6. The number of carbonyl (C=O) groups excluding carboxylic acids is 2. The van der Waals surface area contributed by atoms with Gasteiger partial charge in [0.15, 0.2) is 0 Å². The zero-order valence-corrected chi connectivity index (χ0v) is 12.6. The Labute approximate surface area is 133 Å². The molecule has 4 rings (SSSR count). The molecule has 0 radical (unpaired) electrons. The van der Waals surface area contributed by atoms with Crippen molar-refractivity contribution in [2.45, 2.75) is 25.1 Å². The van der Waals surface area contributed by atoms with Gasteiger partial charge in [-0.15, -0.1) is 0 Å². The molecule has 5 heteroatoms. The van der Waals surface area contributed by atoms with Crippen molar-refractivity contribution in [1.82, 2.24) is 4.90 Å². The predicted molar refractivity (Wildman–Crippen MR) is 81.7 cm³/mol. The van der Waals surface area contributed by atoms with Gasteiger partial charge >= 0.3 is 12.1 Å². The molecule has 1 fully saturated rings. The number of amides is 1. The van der Waals surface area contributed by atoms with Crippen molar-refractivity contribution < 1.29 is 19.1 Å². The maximum atomic E-state index is 12.6. The molecule has 5 nitrogen and oxygen atoms in total. The van der Waals surface area contributed by atoms with E-state index < -0.39 is 23.8 Å². The predicted octanol–water partition coefficient (Wildman–Crippen LogP) is 3.06. The Morgan fingerprint density at radius 2 is 1.74 bits per heavy atom. The number of fused-ring (bicyclic) bond motifs is 3. The second-order valence-corrected chi connectivity index (χ2v) is 5.97. The normalized spacial score (nSPS) is 25.4. The third-order valence-corrected chi connectivity index (χ3v) is 4.39. The molecule has 2 unspecified atom stereocenters. The molecule has 2 heterocycles. The van der Waals surface area contributed by atoms with Crippen LogP contribution in [0, 0.1) is 0 Å². The summed E-state index contributed by atoms with van der Waals surface area (Å²) in [6, 6.07) is 16.7. The van der Waals surface area contributed by atoms with Crippen LogP contribution in [0.3, 0.4) is 0 Å². The van der Waals surface area contributed by atoms with Crippen LogP contribution in [0.2, 0.25) is 0 Å². The van der Waals surface area contributed by atoms with Crippen LogP contribution in [0.5, 0.6) is 5.75 Å². The molecule has 23 heavy (non-hydrogen) atoms. The minimum Gasteiger partial charge on any atom is -0.435 e. The van der Waals surface area contributed by atoms with Crippen molar-refractivity contribution in [3.8, 4) is 5.75 Å². The second kappa shape index (κ2) is 4.84. The van der Waals surface area contributed by atoms with Gasteiger partial charge in [-0.2, -0.15) is 0 Å². The third-order valence-electron chi connectivity index (χ3n) is 4.39. The first-order chi connectivity index (χ1) is 11.1. The second-order valence-electron chi connectivity index (χ2n) is 5.97. The fourth-order valence-corrected chi connectivity index (χ4v) is 3.21. The first-order valence-corrected chi connectivity index (χ1v) is 7.45. The number of para-hydroxylation sites is 1. The molecule has 2 aliphatic heterocycles. The fraction of sp³-hybridized carbons (Fsp3) is 0.222. The van der Waals surface area contributed by atoms with Gasteiger partial charge in [0, 0.05) is 6.42 Å². The number of ether oxygens (including phenoxy) is 2. The van der Waals surface area contributed by atoms with E-state index in [2.05, 4.69) is 0 Å². The highest BCUT2D eigenvalue weighted by Gasteiger charge is 2.58. The lowest BCUT2D eigenvalue weighted by Crippen LogP contribution is -2.53. The molecule has 0 saturated carbocycles. The van der Waals surface area contributed by atoms with Crippen LogP contribution in [0.4, 0.5) is 4.79 Å². The number of nitrogens with zero attached hydrogens (tertiary/aromatic N) is 1. The van der Waals surface area contributed by atoms with Crippen LogP contribution < -0.4 is 4.74 Å². The average molecular weight is 309 g/mol. The maximum Gasteiger partial charge on any atom is 0.419 e. The van der Waals surface area contributed by atoms with Gasteiger partial charge in [-0.05, 0) is 24.6 Å². The molecule has 0 N–H and O–H groups in total. The van der Waals surface area contributed by atoms with E-state index in [1.54, 1.807) is 25.1 Å². The molecule has 0 bridgehead atoms. The van der Waals surface area contributed by atoms with Crippen LogP contribution in [0.25, 0.3) is 0 Å². The molecule has 2 atom stereocenters. The van der Waals surface area contributed by atoms with E-state index in [9.17, 15) is 9.59 Å². The molecular formula is C18H15NO4. The molecule has 1 amide bonds. The van der Waals surface area contributed by atoms with E-state index in [0.717, 1.165) is 5.56 Å². The van der Waals surface area contributed by atoms with E-state index in [1.165, 1.54) is 4.90 Å². The molecule has 116 valence electrons. The Morgan fingerprint density at radius 1 is 1.04 bits per heavy atom. The van der Waals surface area contributed by atoms with Crippen molar-refractivity contribution in [3.05, 3.63) is 65.7 Å². The SMILES string of the molecule is CC1(Cc2ccccc2)C(=O)OC2c3ccccc3OC(=O)N21. The molecule has 0 aromatic heterocycles. The van der Waals surface area contributed by atoms with E-state index in [1.807, 2.05) is 36.4 Å². The van der Waals surface area contributed by atoms with E-state index in [4.69, 9.17) is 9.47 Å². The summed E-state index contributed by atoms with van der Waals surface area (Å²) >= 11 is 0. The van der Waals surface area contributed by atoms with Crippen LogP contribution in [0.1, 0.15) is 24.3 Å². The molecule has 2 aliphatic rings. The lowest BCUT2D eigenvalue weighted by Gasteiger charge is -2.36. The van der Waals surface area contributed by atoms with Crippen LogP contribution >= 0.6 is 0 Å². The number of rotatable bonds is 2. The average Bonchev–Trinajstić information content (AvgIpc) is 2.81. The van der Waals surface area contributed by atoms with E-state index in [-0.39, 0.29) is 0 Å². The first-order valence-electron chi connectivity index (χ1n) is 7.45. The number of esters is 1. The van der Waals surface area contributed by atoms with E-state index >= 15 is 0 Å². The lowest BCUT2D eigenvalue weighted by molar-refractivity contribution is -0.145. The number of hydrogen-bond donors (Lipinski definition) is 0. The topological polar surface area (TPSA) is 55.8 Å². The summed E-state index contributed by atoms with van der Waals surface area (Å²) in [5.41, 5.74) is 0.563. The largest absolute Gasteiger partial charge is 0.435 e. The molecule has 2 aromatic rings. The van der Waals surface area contributed by atoms with Crippen molar-refractivity contribution in [2.75, 3.05) is 0 Å². The van der Waals surface area contributed by atoms with Crippen molar-refractivity contribution in [3.63, 3.8) is 0 Å². The van der Waals surface area contributed by atoms with Gasteiger partial charge < -0.3 is 9.47 Å². The molecular weight excluding hydrogens is 294 g/mol. The highest BCUT2D eigenvalue weighted by Crippen LogP contribution is 2.45. The van der Waals surface area contributed by atoms with Crippen LogP contribution in [-0.2, 0) is 16.0 Å². The van der Waals surface area contributed by atoms with Crippen molar-refractivity contribution in [1.29, 1.82) is 0 Å². The minimum atomic E-state index is -1.09. The third kappa shape index (κ3) is 2.00. The summed E-state index contributed by atoms with van der Waals surface area (Å²) in [4.78, 5) is 26.4. The highest BCUT2D eigenvalue weighted by molar-refractivity contribution is 5.90. The zero-order chi connectivity index (χ0) is 16.0. The Bertz CT molecular complexity index is 789. The Morgan fingerprint density at radius 3 is 2.52 bits per heavy atom. The van der Waals surface area contributed by atoms with Crippen molar-refractivity contribution >= 4 is 12.1 Å².